The average Bonchev–Trinajstić information content (AvgIpc) is 2.38. The minimum Gasteiger partial charge on any atom is -0.395 e. The highest BCUT2D eigenvalue weighted by Crippen LogP contribution is 2.24. The van der Waals surface area contributed by atoms with Gasteiger partial charge in [0.1, 0.15) is 0 Å². The Labute approximate surface area is 119 Å². The van der Waals surface area contributed by atoms with Gasteiger partial charge in [0.05, 0.1) is 6.61 Å². The van der Waals surface area contributed by atoms with Crippen LogP contribution in [-0.2, 0) is 0 Å². The van der Waals surface area contributed by atoms with Crippen LogP contribution in [0.1, 0.15) is 11.6 Å². The Morgan fingerprint density at radius 1 is 1.50 bits per heavy atom. The van der Waals surface area contributed by atoms with E-state index in [1.165, 1.54) is 0 Å². The van der Waals surface area contributed by atoms with E-state index in [0.717, 1.165) is 25.3 Å². The first-order valence-corrected chi connectivity index (χ1v) is 6.94. The van der Waals surface area contributed by atoms with Crippen LogP contribution in [0.3, 0.4) is 0 Å². The smallest absolute Gasteiger partial charge is 0.317 e. The van der Waals surface area contributed by atoms with Gasteiger partial charge in [-0.3, -0.25) is 4.98 Å². The molecule has 6 heteroatoms. The van der Waals surface area contributed by atoms with Crippen LogP contribution < -0.4 is 5.32 Å². The molecule has 6 nitrogen and oxygen atoms in total. The SMILES string of the molecule is CN(CCO)CCNC(=O)N1CC(c2ccccn2)C1. The van der Waals surface area contributed by atoms with E-state index in [4.69, 9.17) is 5.11 Å². The summed E-state index contributed by atoms with van der Waals surface area (Å²) >= 11 is 0. The fourth-order valence-electron chi connectivity index (χ4n) is 2.20. The molecule has 2 rings (SSSR count). The molecule has 110 valence electrons. The zero-order chi connectivity index (χ0) is 14.4. The Bertz CT molecular complexity index is 420. The molecule has 0 atom stereocenters. The molecule has 1 aromatic heterocycles. The maximum absolute atomic E-state index is 11.9. The van der Waals surface area contributed by atoms with Crippen LogP contribution in [0, 0.1) is 0 Å². The number of hydrogen-bond acceptors (Lipinski definition) is 4. The number of rotatable bonds is 6. The van der Waals surface area contributed by atoms with Crippen molar-refractivity contribution in [2.24, 2.45) is 0 Å². The summed E-state index contributed by atoms with van der Waals surface area (Å²) in [6, 6.07) is 5.86. The third-order valence-electron chi connectivity index (χ3n) is 3.53. The summed E-state index contributed by atoms with van der Waals surface area (Å²) < 4.78 is 0. The Kier molecular flexibility index (Phi) is 5.31. The Morgan fingerprint density at radius 2 is 2.30 bits per heavy atom. The van der Waals surface area contributed by atoms with Gasteiger partial charge in [0, 0.05) is 50.5 Å². The summed E-state index contributed by atoms with van der Waals surface area (Å²) in [4.78, 5) is 20.0. The Morgan fingerprint density at radius 3 is 2.95 bits per heavy atom. The van der Waals surface area contributed by atoms with Gasteiger partial charge in [-0.15, -0.1) is 0 Å². The van der Waals surface area contributed by atoms with Crippen LogP contribution in [0.2, 0.25) is 0 Å². The predicted octanol–water partition coefficient (Wildman–Crippen LogP) is 0.114. The van der Waals surface area contributed by atoms with Crippen LogP contribution in [0.15, 0.2) is 24.4 Å². The zero-order valence-electron chi connectivity index (χ0n) is 11.8. The van der Waals surface area contributed by atoms with Crippen LogP contribution in [-0.4, -0.2) is 72.3 Å². The topological polar surface area (TPSA) is 68.7 Å². The van der Waals surface area contributed by atoms with Crippen molar-refractivity contribution >= 4 is 6.03 Å². The van der Waals surface area contributed by atoms with E-state index < -0.39 is 0 Å². The molecular formula is C14H22N4O2. The van der Waals surface area contributed by atoms with Crippen molar-refractivity contribution in [2.45, 2.75) is 5.92 Å². The molecule has 0 spiro atoms. The largest absolute Gasteiger partial charge is 0.395 e. The quantitative estimate of drug-likeness (QED) is 0.775. The Balaban J connectivity index is 1.64. The number of aromatic nitrogens is 1. The van der Waals surface area contributed by atoms with E-state index in [1.807, 2.05) is 30.1 Å². The van der Waals surface area contributed by atoms with Gasteiger partial charge >= 0.3 is 6.03 Å². The van der Waals surface area contributed by atoms with Crippen molar-refractivity contribution in [2.75, 3.05) is 46.4 Å². The molecule has 2 N–H and O–H groups in total. The van der Waals surface area contributed by atoms with Crippen LogP contribution >= 0.6 is 0 Å². The lowest BCUT2D eigenvalue weighted by Crippen LogP contribution is -2.53. The van der Waals surface area contributed by atoms with E-state index >= 15 is 0 Å². The molecule has 1 aliphatic rings. The molecule has 0 aromatic carbocycles. The van der Waals surface area contributed by atoms with Gasteiger partial charge < -0.3 is 20.2 Å². The van der Waals surface area contributed by atoms with E-state index in [1.54, 1.807) is 11.1 Å². The molecule has 0 radical (unpaired) electrons. The first-order valence-electron chi connectivity index (χ1n) is 6.94. The van der Waals surface area contributed by atoms with Crippen molar-refractivity contribution in [3.05, 3.63) is 30.1 Å². The number of nitrogens with one attached hydrogen (secondary N) is 1. The highest BCUT2D eigenvalue weighted by atomic mass is 16.3. The number of aliphatic hydroxyl groups is 1. The zero-order valence-corrected chi connectivity index (χ0v) is 11.8. The Hall–Kier alpha value is -1.66. The number of aliphatic hydroxyl groups excluding tert-OH is 1. The number of likely N-dealkylation sites (tertiary alicyclic amines) is 1. The molecule has 2 heterocycles. The highest BCUT2D eigenvalue weighted by Gasteiger charge is 2.32. The van der Waals surface area contributed by atoms with Gasteiger partial charge in [-0.25, -0.2) is 4.79 Å². The molecule has 2 amide bonds. The lowest BCUT2D eigenvalue weighted by atomic mass is 9.96. The molecule has 0 unspecified atom stereocenters. The summed E-state index contributed by atoms with van der Waals surface area (Å²) in [5, 5.41) is 11.7. The summed E-state index contributed by atoms with van der Waals surface area (Å²) in [5.74, 6) is 0.360. The van der Waals surface area contributed by atoms with Crippen LogP contribution in [0.4, 0.5) is 4.79 Å². The van der Waals surface area contributed by atoms with E-state index in [-0.39, 0.29) is 12.6 Å². The number of carbonyl (C=O) groups is 1. The maximum Gasteiger partial charge on any atom is 0.317 e. The van der Waals surface area contributed by atoms with Gasteiger partial charge in [0.25, 0.3) is 0 Å². The lowest BCUT2D eigenvalue weighted by molar-refractivity contribution is 0.148. The molecule has 1 aliphatic heterocycles. The second kappa shape index (κ2) is 7.21. The van der Waals surface area contributed by atoms with Crippen LogP contribution in [0.5, 0.6) is 0 Å². The fraction of sp³-hybridized carbons (Fsp3) is 0.571. The van der Waals surface area contributed by atoms with Crippen molar-refractivity contribution in [1.82, 2.24) is 20.1 Å². The molecule has 0 bridgehead atoms. The predicted molar refractivity (Wildman–Crippen MR) is 76.5 cm³/mol. The number of likely N-dealkylation sites (N-methyl/N-ethyl adjacent to an activating group) is 1. The van der Waals surface area contributed by atoms with E-state index in [0.29, 0.717) is 19.0 Å². The summed E-state index contributed by atoms with van der Waals surface area (Å²) in [6.07, 6.45) is 1.79. The summed E-state index contributed by atoms with van der Waals surface area (Å²) in [6.45, 7) is 3.57. The molecular weight excluding hydrogens is 256 g/mol. The van der Waals surface area contributed by atoms with E-state index in [2.05, 4.69) is 10.3 Å². The summed E-state index contributed by atoms with van der Waals surface area (Å²) in [5.41, 5.74) is 1.05. The van der Waals surface area contributed by atoms with Gasteiger partial charge in [-0.1, -0.05) is 6.07 Å². The maximum atomic E-state index is 11.9. The normalized spacial score (nSPS) is 15.2. The van der Waals surface area contributed by atoms with Crippen LogP contribution in [0.25, 0.3) is 0 Å². The van der Waals surface area contributed by atoms with Gasteiger partial charge in [-0.05, 0) is 19.2 Å². The molecule has 20 heavy (non-hydrogen) atoms. The number of amides is 2. The number of hydrogen-bond donors (Lipinski definition) is 2. The minimum absolute atomic E-state index is 0.0189. The number of carbonyl (C=O) groups excluding carboxylic acids is 1. The third-order valence-corrected chi connectivity index (χ3v) is 3.53. The first-order chi connectivity index (χ1) is 9.70. The van der Waals surface area contributed by atoms with Crippen molar-refractivity contribution in [1.29, 1.82) is 0 Å². The first kappa shape index (κ1) is 14.7. The molecule has 1 fully saturated rings. The van der Waals surface area contributed by atoms with E-state index in [9.17, 15) is 4.79 Å². The summed E-state index contributed by atoms with van der Waals surface area (Å²) in [7, 11) is 1.92. The molecule has 1 saturated heterocycles. The third kappa shape index (κ3) is 3.91. The highest BCUT2D eigenvalue weighted by molar-refractivity contribution is 5.75. The van der Waals surface area contributed by atoms with Gasteiger partial charge in [-0.2, -0.15) is 0 Å². The average molecular weight is 278 g/mol. The van der Waals surface area contributed by atoms with Crippen molar-refractivity contribution < 1.29 is 9.90 Å². The minimum atomic E-state index is -0.0189. The lowest BCUT2D eigenvalue weighted by Gasteiger charge is -2.38. The standard InChI is InChI=1S/C14H22N4O2/c1-17(8-9-19)7-6-16-14(20)18-10-12(11-18)13-4-2-3-5-15-13/h2-5,12,19H,6-11H2,1H3,(H,16,20). The fourth-order valence-corrected chi connectivity index (χ4v) is 2.20. The number of pyridine rings is 1. The van der Waals surface area contributed by atoms with Crippen molar-refractivity contribution in [3.63, 3.8) is 0 Å². The second-order valence-corrected chi connectivity index (χ2v) is 5.12. The molecule has 0 saturated carbocycles. The van der Waals surface area contributed by atoms with Crippen molar-refractivity contribution in [3.8, 4) is 0 Å². The second-order valence-electron chi connectivity index (χ2n) is 5.12. The van der Waals surface area contributed by atoms with Gasteiger partial charge in [0.2, 0.25) is 0 Å². The molecule has 0 aliphatic carbocycles. The number of nitrogens with zero attached hydrogens (tertiary/aromatic N) is 3. The number of urea groups is 1. The molecule has 1 aromatic rings. The van der Waals surface area contributed by atoms with Gasteiger partial charge in [0.15, 0.2) is 0 Å². The monoisotopic (exact) mass is 278 g/mol.